The molecule has 0 N–H and O–H groups in total. The van der Waals surface area contributed by atoms with Crippen molar-refractivity contribution in [3.63, 3.8) is 0 Å². The molecular weight excluding hydrogens is 347 g/mol. The van der Waals surface area contributed by atoms with Crippen LogP contribution in [0.15, 0.2) is 42.7 Å². The number of pyridine rings is 2. The third-order valence-electron chi connectivity index (χ3n) is 4.92. The predicted octanol–water partition coefficient (Wildman–Crippen LogP) is 3.00. The van der Waals surface area contributed by atoms with Gasteiger partial charge >= 0.3 is 0 Å². The van der Waals surface area contributed by atoms with Crippen LogP contribution < -0.4 is 0 Å². The first-order chi connectivity index (χ1) is 13.1. The van der Waals surface area contributed by atoms with Crippen LogP contribution in [0.25, 0.3) is 5.65 Å². The average molecular weight is 368 g/mol. The van der Waals surface area contributed by atoms with Gasteiger partial charge in [-0.05, 0) is 43.5 Å². The van der Waals surface area contributed by atoms with Gasteiger partial charge in [-0.25, -0.2) is 4.98 Å². The zero-order chi connectivity index (χ0) is 18.8. The molecule has 0 unspecified atom stereocenters. The Morgan fingerprint density at radius 1 is 1.26 bits per heavy atom. The molecule has 4 heterocycles. The monoisotopic (exact) mass is 368 g/mol. The molecule has 1 saturated heterocycles. The van der Waals surface area contributed by atoms with E-state index in [1.807, 2.05) is 12.1 Å². The SMILES string of the molecule is Cc1cccc2nc(C(=O)N3CCC(OCc4cccnc4)CC3)c(F)n12. The summed E-state index contributed by atoms with van der Waals surface area (Å²) in [5.41, 5.74) is 2.07. The third kappa shape index (κ3) is 3.55. The lowest BCUT2D eigenvalue weighted by molar-refractivity contribution is -0.000686. The van der Waals surface area contributed by atoms with E-state index >= 15 is 0 Å². The molecule has 4 rings (SSSR count). The number of amides is 1. The maximum Gasteiger partial charge on any atom is 0.277 e. The molecule has 0 aromatic carbocycles. The first kappa shape index (κ1) is 17.6. The van der Waals surface area contributed by atoms with Gasteiger partial charge in [-0.3, -0.25) is 14.2 Å². The molecule has 3 aromatic rings. The van der Waals surface area contributed by atoms with Gasteiger partial charge < -0.3 is 9.64 Å². The lowest BCUT2D eigenvalue weighted by atomic mass is 10.1. The minimum atomic E-state index is -0.594. The number of hydrogen-bond donors (Lipinski definition) is 0. The smallest absolute Gasteiger partial charge is 0.277 e. The Kier molecular flexibility index (Phi) is 4.85. The average Bonchev–Trinajstić information content (AvgIpc) is 3.05. The number of hydrogen-bond acceptors (Lipinski definition) is 4. The topological polar surface area (TPSA) is 59.7 Å². The molecule has 1 fully saturated rings. The van der Waals surface area contributed by atoms with Gasteiger partial charge in [0, 0.05) is 31.2 Å². The normalized spacial score (nSPS) is 15.4. The number of imidazole rings is 1. The highest BCUT2D eigenvalue weighted by Crippen LogP contribution is 2.20. The second kappa shape index (κ2) is 7.44. The van der Waals surface area contributed by atoms with Crippen molar-refractivity contribution in [2.75, 3.05) is 13.1 Å². The molecule has 0 bridgehead atoms. The number of carbonyl (C=O) groups excluding carboxylic acids is 1. The summed E-state index contributed by atoms with van der Waals surface area (Å²) in [5, 5.41) is 0. The Morgan fingerprint density at radius 3 is 2.78 bits per heavy atom. The molecule has 140 valence electrons. The highest BCUT2D eigenvalue weighted by molar-refractivity contribution is 5.93. The maximum atomic E-state index is 14.7. The van der Waals surface area contributed by atoms with Gasteiger partial charge in [0.05, 0.1) is 12.7 Å². The lowest BCUT2D eigenvalue weighted by Gasteiger charge is -2.31. The van der Waals surface area contributed by atoms with Crippen LogP contribution in [-0.4, -0.2) is 44.4 Å². The first-order valence-electron chi connectivity index (χ1n) is 9.07. The third-order valence-corrected chi connectivity index (χ3v) is 4.92. The van der Waals surface area contributed by atoms with Gasteiger partial charge in [0.25, 0.3) is 5.91 Å². The van der Waals surface area contributed by atoms with Crippen molar-refractivity contribution in [2.24, 2.45) is 0 Å². The van der Waals surface area contributed by atoms with E-state index in [1.54, 1.807) is 42.4 Å². The van der Waals surface area contributed by atoms with Crippen LogP contribution in [0.2, 0.25) is 0 Å². The van der Waals surface area contributed by atoms with Crippen molar-refractivity contribution >= 4 is 11.6 Å². The Hall–Kier alpha value is -2.80. The Balaban J connectivity index is 1.39. The molecule has 0 aliphatic carbocycles. The van der Waals surface area contributed by atoms with Crippen molar-refractivity contribution < 1.29 is 13.9 Å². The van der Waals surface area contributed by atoms with E-state index in [1.165, 1.54) is 4.40 Å². The largest absolute Gasteiger partial charge is 0.373 e. The number of rotatable bonds is 4. The fraction of sp³-hybridized carbons (Fsp3) is 0.350. The lowest BCUT2D eigenvalue weighted by Crippen LogP contribution is -2.41. The van der Waals surface area contributed by atoms with Gasteiger partial charge in [0.1, 0.15) is 5.65 Å². The number of halogens is 1. The van der Waals surface area contributed by atoms with Crippen LogP contribution in [-0.2, 0) is 11.3 Å². The van der Waals surface area contributed by atoms with Gasteiger partial charge in [0.2, 0.25) is 5.95 Å². The van der Waals surface area contributed by atoms with E-state index in [9.17, 15) is 9.18 Å². The number of piperidine rings is 1. The fourth-order valence-electron chi connectivity index (χ4n) is 3.42. The van der Waals surface area contributed by atoms with Gasteiger partial charge in [-0.15, -0.1) is 0 Å². The van der Waals surface area contributed by atoms with Crippen LogP contribution in [0.1, 0.15) is 34.6 Å². The fourth-order valence-corrected chi connectivity index (χ4v) is 3.42. The molecule has 0 saturated carbocycles. The molecule has 1 amide bonds. The molecule has 1 aliphatic rings. The van der Waals surface area contributed by atoms with Crippen LogP contribution >= 0.6 is 0 Å². The van der Waals surface area contributed by atoms with E-state index in [2.05, 4.69) is 9.97 Å². The van der Waals surface area contributed by atoms with E-state index in [0.29, 0.717) is 31.0 Å². The molecule has 7 heteroatoms. The summed E-state index contributed by atoms with van der Waals surface area (Å²) in [6.45, 7) is 3.36. The Morgan fingerprint density at radius 2 is 2.07 bits per heavy atom. The predicted molar refractivity (Wildman–Crippen MR) is 97.8 cm³/mol. The summed E-state index contributed by atoms with van der Waals surface area (Å²) in [6.07, 6.45) is 5.04. The van der Waals surface area contributed by atoms with Crippen LogP contribution in [0.3, 0.4) is 0 Å². The van der Waals surface area contributed by atoms with Crippen molar-refractivity contribution in [3.05, 3.63) is 65.6 Å². The van der Waals surface area contributed by atoms with Gasteiger partial charge in [-0.1, -0.05) is 12.1 Å². The van der Waals surface area contributed by atoms with Crippen molar-refractivity contribution in [3.8, 4) is 0 Å². The van der Waals surface area contributed by atoms with Crippen LogP contribution in [0.4, 0.5) is 4.39 Å². The molecular formula is C20H21FN4O2. The standard InChI is InChI=1S/C20H21FN4O2/c1-14-4-2-6-17-23-18(19(21)25(14)17)20(26)24-10-7-16(8-11-24)27-13-15-5-3-9-22-12-15/h2-6,9,12,16H,7-8,10-11,13H2,1H3. The van der Waals surface area contributed by atoms with Crippen molar-refractivity contribution in [1.29, 1.82) is 0 Å². The zero-order valence-corrected chi connectivity index (χ0v) is 15.1. The molecule has 0 spiro atoms. The van der Waals surface area contributed by atoms with Gasteiger partial charge in [0.15, 0.2) is 5.69 Å². The highest BCUT2D eigenvalue weighted by atomic mass is 19.1. The highest BCUT2D eigenvalue weighted by Gasteiger charge is 2.28. The van der Waals surface area contributed by atoms with E-state index in [4.69, 9.17) is 4.74 Å². The summed E-state index contributed by atoms with van der Waals surface area (Å²) in [4.78, 5) is 22.7. The quantitative estimate of drug-likeness (QED) is 0.710. The first-order valence-corrected chi connectivity index (χ1v) is 9.07. The summed E-state index contributed by atoms with van der Waals surface area (Å²) in [6, 6.07) is 9.14. The van der Waals surface area contributed by atoms with E-state index < -0.39 is 5.95 Å². The zero-order valence-electron chi connectivity index (χ0n) is 15.1. The van der Waals surface area contributed by atoms with Crippen LogP contribution in [0.5, 0.6) is 0 Å². The molecule has 3 aromatic heterocycles. The minimum Gasteiger partial charge on any atom is -0.373 e. The molecule has 6 nitrogen and oxygen atoms in total. The molecule has 0 atom stereocenters. The van der Waals surface area contributed by atoms with Crippen molar-refractivity contribution in [1.82, 2.24) is 19.3 Å². The summed E-state index contributed by atoms with van der Waals surface area (Å²) in [7, 11) is 0. The van der Waals surface area contributed by atoms with E-state index in [-0.39, 0.29) is 17.7 Å². The number of aryl methyl sites for hydroxylation is 1. The van der Waals surface area contributed by atoms with E-state index in [0.717, 1.165) is 18.4 Å². The van der Waals surface area contributed by atoms with Crippen LogP contribution in [0, 0.1) is 12.9 Å². The Bertz CT molecular complexity index is 949. The summed E-state index contributed by atoms with van der Waals surface area (Å²) < 4.78 is 22.0. The number of aromatic nitrogens is 3. The number of fused-ring (bicyclic) bond motifs is 1. The second-order valence-electron chi connectivity index (χ2n) is 6.78. The molecule has 27 heavy (non-hydrogen) atoms. The number of ether oxygens (including phenoxy) is 1. The Labute approximate surface area is 156 Å². The summed E-state index contributed by atoms with van der Waals surface area (Å²) in [5.74, 6) is -0.954. The number of nitrogens with zero attached hydrogens (tertiary/aromatic N) is 4. The minimum absolute atomic E-state index is 0.0856. The number of carbonyl (C=O) groups is 1. The van der Waals surface area contributed by atoms with Gasteiger partial charge in [-0.2, -0.15) is 4.39 Å². The maximum absolute atomic E-state index is 14.7. The summed E-state index contributed by atoms with van der Waals surface area (Å²) >= 11 is 0. The van der Waals surface area contributed by atoms with Crippen molar-refractivity contribution in [2.45, 2.75) is 32.5 Å². The second-order valence-corrected chi connectivity index (χ2v) is 6.78. The molecule has 1 aliphatic heterocycles. The number of likely N-dealkylation sites (tertiary alicyclic amines) is 1. The molecule has 0 radical (unpaired) electrons.